The van der Waals surface area contributed by atoms with Crippen molar-refractivity contribution in [1.82, 2.24) is 4.98 Å². The monoisotopic (exact) mass is 402 g/mol. The number of ether oxygens (including phenoxy) is 2. The molecule has 1 atom stereocenters. The van der Waals surface area contributed by atoms with Crippen molar-refractivity contribution >= 4 is 34.0 Å². The van der Waals surface area contributed by atoms with Gasteiger partial charge in [-0.1, -0.05) is 11.6 Å². The van der Waals surface area contributed by atoms with Gasteiger partial charge in [0.2, 0.25) is 0 Å². The van der Waals surface area contributed by atoms with Crippen molar-refractivity contribution in [3.63, 3.8) is 0 Å². The van der Waals surface area contributed by atoms with Gasteiger partial charge in [0.05, 0.1) is 12.3 Å². The SMILES string of the molecule is CCOc1ccc(-c2csc(NC(=O)C(C)Oc3ccc(Cl)cc3)n2)cc1. The Kier molecular flexibility index (Phi) is 6.32. The quantitative estimate of drug-likeness (QED) is 0.585. The number of halogens is 1. The van der Waals surface area contributed by atoms with Gasteiger partial charge in [-0.25, -0.2) is 4.98 Å². The fourth-order valence-corrected chi connectivity index (χ4v) is 3.18. The molecule has 1 aromatic heterocycles. The molecule has 3 aromatic rings. The lowest BCUT2D eigenvalue weighted by Crippen LogP contribution is -2.30. The largest absolute Gasteiger partial charge is 0.494 e. The van der Waals surface area contributed by atoms with Crippen LogP contribution in [0.3, 0.4) is 0 Å². The first-order valence-electron chi connectivity index (χ1n) is 8.47. The van der Waals surface area contributed by atoms with Crippen LogP contribution in [-0.4, -0.2) is 23.6 Å². The third-order valence-electron chi connectivity index (χ3n) is 3.69. The van der Waals surface area contributed by atoms with Crippen molar-refractivity contribution < 1.29 is 14.3 Å². The standard InChI is InChI=1S/C20H19ClN2O3S/c1-3-25-16-8-4-14(5-9-16)18-12-27-20(22-18)23-19(24)13(2)26-17-10-6-15(21)7-11-17/h4-13H,3H2,1-2H3,(H,22,23,24). The molecule has 0 aliphatic carbocycles. The predicted molar refractivity (Wildman–Crippen MR) is 109 cm³/mol. The van der Waals surface area contributed by atoms with Crippen LogP contribution in [-0.2, 0) is 4.79 Å². The Morgan fingerprint density at radius 2 is 1.81 bits per heavy atom. The molecule has 0 spiro atoms. The van der Waals surface area contributed by atoms with Gasteiger partial charge in [-0.2, -0.15) is 0 Å². The van der Waals surface area contributed by atoms with Crippen LogP contribution in [0, 0.1) is 0 Å². The number of hydrogen-bond donors (Lipinski definition) is 1. The Morgan fingerprint density at radius 3 is 2.48 bits per heavy atom. The number of nitrogens with zero attached hydrogens (tertiary/aromatic N) is 1. The second-order valence-corrected chi connectivity index (χ2v) is 6.99. The van der Waals surface area contributed by atoms with Gasteiger partial charge < -0.3 is 9.47 Å². The molecule has 0 fully saturated rings. The van der Waals surface area contributed by atoms with E-state index in [4.69, 9.17) is 21.1 Å². The molecule has 5 nitrogen and oxygen atoms in total. The molecule has 1 N–H and O–H groups in total. The highest BCUT2D eigenvalue weighted by atomic mass is 35.5. The van der Waals surface area contributed by atoms with Gasteiger partial charge in [-0.05, 0) is 62.4 Å². The van der Waals surface area contributed by atoms with E-state index in [1.165, 1.54) is 11.3 Å². The summed E-state index contributed by atoms with van der Waals surface area (Å²) >= 11 is 7.21. The van der Waals surface area contributed by atoms with E-state index in [1.807, 2.05) is 36.6 Å². The normalized spacial score (nSPS) is 11.7. The number of carbonyl (C=O) groups is 1. The molecule has 0 saturated carbocycles. The van der Waals surface area contributed by atoms with Gasteiger partial charge in [-0.3, -0.25) is 10.1 Å². The van der Waals surface area contributed by atoms with Crippen LogP contribution in [0.2, 0.25) is 5.02 Å². The summed E-state index contributed by atoms with van der Waals surface area (Å²) in [5.74, 6) is 1.13. The van der Waals surface area contributed by atoms with Gasteiger partial charge >= 0.3 is 0 Å². The minimum absolute atomic E-state index is 0.266. The van der Waals surface area contributed by atoms with E-state index in [0.29, 0.717) is 22.5 Å². The second-order valence-electron chi connectivity index (χ2n) is 5.70. The molecule has 3 rings (SSSR count). The molecule has 2 aromatic carbocycles. The average molecular weight is 403 g/mol. The van der Waals surface area contributed by atoms with E-state index in [2.05, 4.69) is 10.3 Å². The number of nitrogens with one attached hydrogen (secondary N) is 1. The Bertz CT molecular complexity index is 894. The van der Waals surface area contributed by atoms with E-state index >= 15 is 0 Å². The predicted octanol–water partition coefficient (Wildman–Crippen LogP) is 5.27. The molecule has 140 valence electrons. The minimum Gasteiger partial charge on any atom is -0.494 e. The van der Waals surface area contributed by atoms with Crippen molar-refractivity contribution in [3.8, 4) is 22.8 Å². The van der Waals surface area contributed by atoms with Crippen LogP contribution in [0.15, 0.2) is 53.9 Å². The minimum atomic E-state index is -0.663. The first-order chi connectivity index (χ1) is 13.0. The highest BCUT2D eigenvalue weighted by Crippen LogP contribution is 2.27. The van der Waals surface area contributed by atoms with Crippen molar-refractivity contribution in [1.29, 1.82) is 0 Å². The van der Waals surface area contributed by atoms with Gasteiger partial charge in [0.15, 0.2) is 11.2 Å². The Morgan fingerprint density at radius 1 is 1.15 bits per heavy atom. The third-order valence-corrected chi connectivity index (χ3v) is 4.70. The summed E-state index contributed by atoms with van der Waals surface area (Å²) in [6.45, 7) is 4.26. The number of amides is 1. The summed E-state index contributed by atoms with van der Waals surface area (Å²) in [6.07, 6.45) is -0.663. The highest BCUT2D eigenvalue weighted by Gasteiger charge is 2.16. The Balaban J connectivity index is 1.60. The molecule has 7 heteroatoms. The highest BCUT2D eigenvalue weighted by molar-refractivity contribution is 7.14. The van der Waals surface area contributed by atoms with Crippen LogP contribution in [0.4, 0.5) is 5.13 Å². The van der Waals surface area contributed by atoms with Crippen molar-refractivity contribution in [2.75, 3.05) is 11.9 Å². The fraction of sp³-hybridized carbons (Fsp3) is 0.200. The van der Waals surface area contributed by atoms with Crippen LogP contribution < -0.4 is 14.8 Å². The summed E-state index contributed by atoms with van der Waals surface area (Å²) < 4.78 is 11.1. The second kappa shape index (κ2) is 8.88. The molecule has 1 amide bonds. The van der Waals surface area contributed by atoms with E-state index < -0.39 is 6.10 Å². The maximum Gasteiger partial charge on any atom is 0.266 e. The number of anilines is 1. The van der Waals surface area contributed by atoms with E-state index in [9.17, 15) is 4.79 Å². The number of hydrogen-bond acceptors (Lipinski definition) is 5. The van der Waals surface area contributed by atoms with Crippen molar-refractivity contribution in [2.45, 2.75) is 20.0 Å². The zero-order valence-electron chi connectivity index (χ0n) is 14.9. The Hall–Kier alpha value is -2.57. The molecule has 1 heterocycles. The smallest absolute Gasteiger partial charge is 0.266 e. The first-order valence-corrected chi connectivity index (χ1v) is 9.72. The van der Waals surface area contributed by atoms with Gasteiger partial charge in [0, 0.05) is 16.0 Å². The molecule has 0 aliphatic heterocycles. The van der Waals surface area contributed by atoms with Crippen LogP contribution in [0.25, 0.3) is 11.3 Å². The van der Waals surface area contributed by atoms with E-state index in [1.54, 1.807) is 31.2 Å². The average Bonchev–Trinajstić information content (AvgIpc) is 3.13. The number of carbonyl (C=O) groups excluding carboxylic acids is 1. The summed E-state index contributed by atoms with van der Waals surface area (Å²) in [7, 11) is 0. The van der Waals surface area contributed by atoms with Gasteiger partial charge in [0.25, 0.3) is 5.91 Å². The molecule has 0 saturated heterocycles. The number of rotatable bonds is 7. The molecular formula is C20H19ClN2O3S. The number of aromatic nitrogens is 1. The summed E-state index contributed by atoms with van der Waals surface area (Å²) in [6, 6.07) is 14.6. The first kappa shape index (κ1) is 19.2. The van der Waals surface area contributed by atoms with Crippen molar-refractivity contribution in [2.24, 2.45) is 0 Å². The lowest BCUT2D eigenvalue weighted by atomic mass is 10.2. The van der Waals surface area contributed by atoms with Crippen LogP contribution in [0.1, 0.15) is 13.8 Å². The fourth-order valence-electron chi connectivity index (χ4n) is 2.33. The number of thiazole rings is 1. The zero-order chi connectivity index (χ0) is 19.2. The molecule has 1 unspecified atom stereocenters. The van der Waals surface area contributed by atoms with Gasteiger partial charge in [0.1, 0.15) is 11.5 Å². The lowest BCUT2D eigenvalue weighted by molar-refractivity contribution is -0.122. The van der Waals surface area contributed by atoms with Crippen LogP contribution >= 0.6 is 22.9 Å². The maximum absolute atomic E-state index is 12.3. The van der Waals surface area contributed by atoms with Crippen molar-refractivity contribution in [3.05, 3.63) is 58.9 Å². The van der Waals surface area contributed by atoms with E-state index in [0.717, 1.165) is 17.0 Å². The molecule has 0 aliphatic rings. The molecule has 27 heavy (non-hydrogen) atoms. The maximum atomic E-state index is 12.3. The lowest BCUT2D eigenvalue weighted by Gasteiger charge is -2.13. The van der Waals surface area contributed by atoms with E-state index in [-0.39, 0.29) is 5.91 Å². The van der Waals surface area contributed by atoms with Gasteiger partial charge in [-0.15, -0.1) is 11.3 Å². The summed E-state index contributed by atoms with van der Waals surface area (Å²) in [5.41, 5.74) is 1.75. The molecular weight excluding hydrogens is 384 g/mol. The third kappa shape index (κ3) is 5.21. The zero-order valence-corrected chi connectivity index (χ0v) is 16.5. The summed E-state index contributed by atoms with van der Waals surface area (Å²) in [5, 5.41) is 5.83. The Labute approximate surface area is 166 Å². The summed E-state index contributed by atoms with van der Waals surface area (Å²) in [4.78, 5) is 16.8. The molecule has 0 bridgehead atoms. The number of benzene rings is 2. The molecule has 0 radical (unpaired) electrons. The topological polar surface area (TPSA) is 60.5 Å². The van der Waals surface area contributed by atoms with Crippen LogP contribution in [0.5, 0.6) is 11.5 Å².